The van der Waals surface area contributed by atoms with Gasteiger partial charge >= 0.3 is 17.9 Å². The number of hydrogen-bond acceptors (Lipinski definition) is 23. The molecule has 0 amide bonds. The molecule has 7 aromatic rings. The Morgan fingerprint density at radius 3 is 2.29 bits per heavy atom. The average Bonchev–Trinajstić information content (AvgIpc) is 3.94. The number of aromatic nitrogens is 4. The summed E-state index contributed by atoms with van der Waals surface area (Å²) in [5.74, 6) is -3.74. The lowest BCUT2D eigenvalue weighted by molar-refractivity contribution is -0.432. The number of fused-ring (bicyclic) bond motifs is 4. The van der Waals surface area contributed by atoms with Crippen LogP contribution in [0.5, 0.6) is 17.4 Å². The third-order valence-corrected chi connectivity index (χ3v) is 12.3. The standard InChI is InChI=1S/C41H34N12O12S3/c1-20-24(19-42)38-43-25-5-3-4-6-28(25)53(38)39(61)35(20)47-44-22-8-7-21-15-31(68-65-64-62)36(37(60)23(21)16-22)48-45-26-18-30(63-2)27(17-29(26)52(12-9-32(54)55)13-10-33(56)57)46-49-40-50-51-41(67-40)66-14-11-34(58)59/h3-8,15-18,60-62H,9-14H2,1-2H3,(H,54,55)(H,56,57)(H,58,59). The van der Waals surface area contributed by atoms with Crippen LogP contribution in [0, 0.1) is 18.3 Å². The number of anilines is 1. The Hall–Kier alpha value is -7.87. The molecule has 3 heterocycles. The van der Waals surface area contributed by atoms with Gasteiger partial charge in [-0.3, -0.25) is 18.8 Å². The number of aromatic hydroxyl groups is 2. The van der Waals surface area contributed by atoms with Gasteiger partial charge in [-0.1, -0.05) is 46.3 Å². The fourth-order valence-electron chi connectivity index (χ4n) is 6.60. The highest BCUT2D eigenvalue weighted by Crippen LogP contribution is 2.47. The highest BCUT2D eigenvalue weighted by molar-refractivity contribution is 8.01. The van der Waals surface area contributed by atoms with Crippen molar-refractivity contribution in [2.45, 2.75) is 35.4 Å². The van der Waals surface area contributed by atoms with E-state index in [1.54, 1.807) is 43.3 Å². The summed E-state index contributed by atoms with van der Waals surface area (Å²) in [4.78, 5) is 40.5. The maximum Gasteiger partial charge on any atom is 0.305 e. The van der Waals surface area contributed by atoms with Crippen molar-refractivity contribution in [3.8, 4) is 23.4 Å². The molecule has 0 atom stereocenters. The van der Waals surface area contributed by atoms with Crippen molar-refractivity contribution in [1.82, 2.24) is 19.6 Å². The lowest BCUT2D eigenvalue weighted by Crippen LogP contribution is -2.28. The van der Waals surface area contributed by atoms with Crippen molar-refractivity contribution in [2.24, 2.45) is 30.7 Å². The molecule has 7 rings (SSSR count). The van der Waals surface area contributed by atoms with E-state index in [1.165, 1.54) is 52.4 Å². The molecule has 0 aliphatic heterocycles. The fourth-order valence-corrected chi connectivity index (χ4v) is 8.75. The average molecular weight is 983 g/mol. The number of aliphatic carboxylic acids is 3. The number of para-hydroxylation sites is 2. The summed E-state index contributed by atoms with van der Waals surface area (Å²) in [6.07, 6.45) is -0.915. The minimum atomic E-state index is -1.17. The highest BCUT2D eigenvalue weighted by atomic mass is 32.2. The summed E-state index contributed by atoms with van der Waals surface area (Å²) in [7, 11) is 1.33. The van der Waals surface area contributed by atoms with Crippen molar-refractivity contribution in [3.05, 3.63) is 71.8 Å². The smallest absolute Gasteiger partial charge is 0.305 e. The van der Waals surface area contributed by atoms with Gasteiger partial charge < -0.3 is 35.2 Å². The van der Waals surface area contributed by atoms with E-state index in [0.717, 1.165) is 11.3 Å². The number of hydrogen-bond donors (Lipinski definition) is 6. The van der Waals surface area contributed by atoms with Crippen LogP contribution in [-0.4, -0.2) is 94.2 Å². The molecule has 0 saturated heterocycles. The Bertz CT molecular complexity index is 3210. The molecule has 0 saturated carbocycles. The van der Waals surface area contributed by atoms with Crippen LogP contribution >= 0.6 is 35.1 Å². The number of rotatable bonds is 21. The molecule has 0 unspecified atom stereocenters. The second-order valence-corrected chi connectivity index (χ2v) is 17.0. The SMILES string of the molecule is COc1cc(N=Nc2c(SOOO)cc3ccc(N=Nc4c(C)c(C#N)c5nc6ccccc6n5c4O)cc3c2O)c(N(CCC(=O)O)CCC(=O)O)cc1N=Nc1nnc(SCCC(=O)O)s1. The van der Waals surface area contributed by atoms with E-state index in [-0.39, 0.29) is 97.6 Å². The van der Waals surface area contributed by atoms with Gasteiger partial charge in [-0.15, -0.1) is 40.1 Å². The maximum absolute atomic E-state index is 11.8. The number of imidazole rings is 1. The molecule has 68 heavy (non-hydrogen) atoms. The predicted octanol–water partition coefficient (Wildman–Crippen LogP) is 10.1. The van der Waals surface area contributed by atoms with Crippen LogP contribution in [0.15, 0.2) is 101 Å². The van der Waals surface area contributed by atoms with Gasteiger partial charge in [-0.25, -0.2) is 10.2 Å². The molecular formula is C41H34N12O12S3. The molecular weight excluding hydrogens is 949 g/mol. The number of methoxy groups -OCH3 is 1. The number of phenolic OH excluding ortho intramolecular Hbond substituents is 1. The van der Waals surface area contributed by atoms with Gasteiger partial charge in [-0.05, 0) is 48.7 Å². The first-order valence-corrected chi connectivity index (χ1v) is 22.2. The third-order valence-electron chi connectivity index (χ3n) is 9.75. The van der Waals surface area contributed by atoms with Crippen molar-refractivity contribution in [3.63, 3.8) is 0 Å². The van der Waals surface area contributed by atoms with Gasteiger partial charge in [0.15, 0.2) is 21.4 Å². The fraction of sp³-hybridized carbons (Fsp3) is 0.195. The second kappa shape index (κ2) is 21.6. The first kappa shape index (κ1) is 48.1. The minimum absolute atomic E-state index is 0.00165. The highest BCUT2D eigenvalue weighted by Gasteiger charge is 2.23. The summed E-state index contributed by atoms with van der Waals surface area (Å²) in [6, 6.07) is 18.1. The van der Waals surface area contributed by atoms with Crippen molar-refractivity contribution >= 4 is 120 Å². The van der Waals surface area contributed by atoms with Crippen LogP contribution in [0.4, 0.5) is 39.3 Å². The number of azo groups is 3. The Morgan fingerprint density at radius 1 is 0.868 bits per heavy atom. The largest absolute Gasteiger partial charge is 0.505 e. The number of carbonyl (C=O) groups is 3. The van der Waals surface area contributed by atoms with Crippen molar-refractivity contribution in [2.75, 3.05) is 30.9 Å². The van der Waals surface area contributed by atoms with Gasteiger partial charge in [0.1, 0.15) is 34.4 Å². The van der Waals surface area contributed by atoms with Gasteiger partial charge in [0, 0.05) is 35.9 Å². The Kier molecular flexibility index (Phi) is 15.3. The van der Waals surface area contributed by atoms with Gasteiger partial charge in [0.2, 0.25) is 5.88 Å². The first-order chi connectivity index (χ1) is 32.8. The summed E-state index contributed by atoms with van der Waals surface area (Å²) >= 11 is 2.69. The quantitative estimate of drug-likeness (QED) is 0.0128. The van der Waals surface area contributed by atoms with Crippen LogP contribution in [0.3, 0.4) is 0 Å². The number of pyridine rings is 1. The first-order valence-electron chi connectivity index (χ1n) is 19.6. The Balaban J connectivity index is 1.30. The molecule has 0 aliphatic rings. The van der Waals surface area contributed by atoms with Crippen LogP contribution in [-0.2, 0) is 23.8 Å². The van der Waals surface area contributed by atoms with E-state index in [0.29, 0.717) is 38.4 Å². The molecule has 0 spiro atoms. The van der Waals surface area contributed by atoms with E-state index in [2.05, 4.69) is 57.0 Å². The number of nitriles is 1. The maximum atomic E-state index is 11.8. The normalized spacial score (nSPS) is 11.7. The zero-order valence-corrected chi connectivity index (χ0v) is 37.7. The van der Waals surface area contributed by atoms with Gasteiger partial charge in [0.25, 0.3) is 5.13 Å². The number of thioether (sulfide) groups is 1. The summed E-state index contributed by atoms with van der Waals surface area (Å²) in [5, 5.41) is 109. The number of ether oxygens (including phenoxy) is 1. The summed E-state index contributed by atoms with van der Waals surface area (Å²) in [5.41, 5.74) is 2.04. The van der Waals surface area contributed by atoms with Gasteiger partial charge in [0.05, 0.1) is 65.7 Å². The lowest BCUT2D eigenvalue weighted by Gasteiger charge is -2.25. The monoisotopic (exact) mass is 982 g/mol. The van der Waals surface area contributed by atoms with Gasteiger partial charge in [-0.2, -0.15) is 10.4 Å². The third kappa shape index (κ3) is 10.9. The zero-order chi connectivity index (χ0) is 48.5. The number of phenols is 1. The lowest BCUT2D eigenvalue weighted by atomic mass is 10.1. The van der Waals surface area contributed by atoms with Crippen LogP contribution in [0.1, 0.15) is 30.4 Å². The van der Waals surface area contributed by atoms with E-state index in [9.17, 15) is 40.1 Å². The molecule has 6 N–H and O–H groups in total. The molecule has 0 bridgehead atoms. The summed E-state index contributed by atoms with van der Waals surface area (Å²) < 4.78 is 12.2. The molecule has 348 valence electrons. The molecule has 0 radical (unpaired) electrons. The number of nitrogens with zero attached hydrogens (tertiary/aromatic N) is 12. The molecule has 0 fully saturated rings. The zero-order valence-electron chi connectivity index (χ0n) is 35.2. The van der Waals surface area contributed by atoms with Crippen LogP contribution in [0.25, 0.3) is 27.5 Å². The van der Waals surface area contributed by atoms with Crippen LogP contribution < -0.4 is 9.64 Å². The van der Waals surface area contributed by atoms with Crippen molar-refractivity contribution in [1.29, 1.82) is 5.26 Å². The predicted molar refractivity (Wildman–Crippen MR) is 245 cm³/mol. The number of carboxylic acids is 3. The van der Waals surface area contributed by atoms with E-state index in [4.69, 9.17) is 19.4 Å². The molecule has 27 heteroatoms. The van der Waals surface area contributed by atoms with E-state index >= 15 is 0 Å². The minimum Gasteiger partial charge on any atom is -0.505 e. The number of carboxylic acid groups (broad SMARTS) is 3. The Morgan fingerprint density at radius 2 is 1.59 bits per heavy atom. The topological polar surface area (TPSA) is 345 Å². The summed E-state index contributed by atoms with van der Waals surface area (Å²) in [6.45, 7) is 1.22. The molecule has 24 nitrogen and oxygen atoms in total. The van der Waals surface area contributed by atoms with Crippen molar-refractivity contribution < 1.29 is 59.3 Å². The second-order valence-electron chi connectivity index (χ2n) is 14.0. The van der Waals surface area contributed by atoms with E-state index in [1.807, 2.05) is 0 Å². The van der Waals surface area contributed by atoms with E-state index < -0.39 is 36.5 Å². The molecule has 0 aliphatic carbocycles. The molecule has 4 aromatic carbocycles. The Labute approximate surface area is 394 Å². The van der Waals surface area contributed by atoms with Crippen LogP contribution in [0.2, 0.25) is 0 Å². The number of benzene rings is 4. The molecule has 3 aromatic heterocycles.